The first-order valence-corrected chi connectivity index (χ1v) is 4.77. The fourth-order valence-electron chi connectivity index (χ4n) is 0.617. The fraction of sp³-hybridized carbons (Fsp3) is 1.00. The van der Waals surface area contributed by atoms with E-state index in [1.165, 1.54) is 0 Å². The molecule has 80 valence electrons. The highest BCUT2D eigenvalue weighted by molar-refractivity contribution is 7.37. The molecule has 1 unspecified atom stereocenters. The zero-order valence-corrected chi connectivity index (χ0v) is 7.42. The number of hydrogen-bond donors (Lipinski definition) is 1. The van der Waals surface area contributed by atoms with Crippen molar-refractivity contribution in [1.82, 2.24) is 0 Å². The highest BCUT2D eigenvalue weighted by Gasteiger charge is 2.69. The zero-order chi connectivity index (χ0) is 10.9. The lowest BCUT2D eigenvalue weighted by Crippen LogP contribution is -2.58. The van der Waals surface area contributed by atoms with Gasteiger partial charge in [-0.25, -0.2) is 0 Å². The van der Waals surface area contributed by atoms with Crippen LogP contribution in [0, 0.1) is 0 Å². The van der Waals surface area contributed by atoms with E-state index in [0.29, 0.717) is 0 Å². The van der Waals surface area contributed by atoms with Crippen LogP contribution in [0.4, 0.5) is 26.3 Å². The smallest absolute Gasteiger partial charge is 0.373 e. The van der Waals surface area contributed by atoms with E-state index in [9.17, 15) is 26.3 Å². The van der Waals surface area contributed by atoms with Crippen molar-refractivity contribution in [1.29, 1.82) is 0 Å². The minimum absolute atomic E-state index is 0.634. The molecule has 8 heteroatoms. The van der Waals surface area contributed by atoms with Crippen LogP contribution in [0.15, 0.2) is 0 Å². The van der Waals surface area contributed by atoms with Gasteiger partial charge in [0.15, 0.2) is 0 Å². The van der Waals surface area contributed by atoms with E-state index in [-0.39, 0.29) is 0 Å². The number of rotatable bonds is 2. The Bertz CT molecular complexity index is 159. The van der Waals surface area contributed by atoms with Crippen LogP contribution >= 0.6 is 8.58 Å². The average molecular weight is 228 g/mol. The molecule has 1 atom stereocenters. The minimum Gasteiger partial charge on any atom is -0.373 e. The number of hydrogen-bond acceptors (Lipinski definition) is 1. The summed E-state index contributed by atoms with van der Waals surface area (Å²) in [6, 6.07) is 0. The second-order valence-electron chi connectivity index (χ2n) is 2.39. The predicted molar refractivity (Wildman–Crippen MR) is 36.2 cm³/mol. The van der Waals surface area contributed by atoms with Gasteiger partial charge in [0.05, 0.1) is 0 Å². The summed E-state index contributed by atoms with van der Waals surface area (Å²) >= 11 is 0. The maximum absolute atomic E-state index is 11.8. The van der Waals surface area contributed by atoms with Gasteiger partial charge in [-0.1, -0.05) is 0 Å². The first-order chi connectivity index (χ1) is 5.56. The van der Waals surface area contributed by atoms with Crippen molar-refractivity contribution >= 4 is 8.58 Å². The molecule has 0 aromatic heterocycles. The summed E-state index contributed by atoms with van der Waals surface area (Å²) in [5.74, 6) is 0. The van der Waals surface area contributed by atoms with Crippen molar-refractivity contribution < 1.29 is 31.4 Å². The van der Waals surface area contributed by atoms with Gasteiger partial charge in [-0.2, -0.15) is 26.3 Å². The van der Waals surface area contributed by atoms with Crippen LogP contribution in [0.2, 0.25) is 0 Å². The molecule has 0 bridgehead atoms. The van der Waals surface area contributed by atoms with Crippen molar-refractivity contribution in [3.05, 3.63) is 0 Å². The number of halogens is 6. The third-order valence-electron chi connectivity index (χ3n) is 1.37. The molecule has 0 rings (SSSR count). The van der Waals surface area contributed by atoms with Gasteiger partial charge >= 0.3 is 12.4 Å². The molecule has 0 fully saturated rings. The molecule has 0 aromatic rings. The maximum atomic E-state index is 11.8. The fourth-order valence-corrected chi connectivity index (χ4v) is 1.53. The van der Waals surface area contributed by atoms with Gasteiger partial charge in [0.25, 0.3) is 5.60 Å². The Morgan fingerprint density at radius 3 is 1.38 bits per heavy atom. The molecule has 0 radical (unpaired) electrons. The van der Waals surface area contributed by atoms with Gasteiger partial charge in [-0.3, -0.25) is 0 Å². The molecule has 0 aromatic carbocycles. The monoisotopic (exact) mass is 228 g/mol. The highest BCUT2D eigenvalue weighted by Crippen LogP contribution is 2.45. The molecule has 0 saturated heterocycles. The molecule has 0 amide bonds. The van der Waals surface area contributed by atoms with Gasteiger partial charge in [-0.05, 0) is 6.66 Å². The molecule has 1 nitrogen and oxygen atoms in total. The molecular formula is C5H7F6OP. The summed E-state index contributed by atoms with van der Waals surface area (Å²) in [5, 5.41) is 8.44. The third-order valence-corrected chi connectivity index (χ3v) is 2.24. The van der Waals surface area contributed by atoms with Crippen molar-refractivity contribution in [3.8, 4) is 0 Å². The summed E-state index contributed by atoms with van der Waals surface area (Å²) < 4.78 is 70.9. The minimum atomic E-state index is -5.67. The van der Waals surface area contributed by atoms with Gasteiger partial charge in [0, 0.05) is 6.16 Å². The summed E-state index contributed by atoms with van der Waals surface area (Å²) in [4.78, 5) is 0. The Kier molecular flexibility index (Phi) is 3.60. The van der Waals surface area contributed by atoms with Crippen LogP contribution in [-0.2, 0) is 0 Å². The van der Waals surface area contributed by atoms with E-state index >= 15 is 0 Å². The molecular weight excluding hydrogens is 221 g/mol. The summed E-state index contributed by atoms with van der Waals surface area (Å²) in [5.41, 5.74) is -4.56. The van der Waals surface area contributed by atoms with E-state index in [2.05, 4.69) is 0 Å². The molecule has 0 aliphatic carbocycles. The van der Waals surface area contributed by atoms with Crippen LogP contribution < -0.4 is 0 Å². The third kappa shape index (κ3) is 2.47. The standard InChI is InChI=1S/C5H7F6OP/c1-13-2-3(12,4(6,7)8)5(9,10)11/h12-13H,2H2,1H3. The van der Waals surface area contributed by atoms with Crippen LogP contribution in [0.25, 0.3) is 0 Å². The average Bonchev–Trinajstić information content (AvgIpc) is 1.82. The van der Waals surface area contributed by atoms with Crippen LogP contribution in [-0.4, -0.2) is 35.9 Å². The SMILES string of the molecule is CPCC(O)(C(F)(F)F)C(F)(F)F. The first-order valence-electron chi connectivity index (χ1n) is 3.06. The second kappa shape index (κ2) is 3.61. The predicted octanol–water partition coefficient (Wildman–Crippen LogP) is 2.15. The van der Waals surface area contributed by atoms with Gasteiger partial charge < -0.3 is 5.11 Å². The Morgan fingerprint density at radius 1 is 1.00 bits per heavy atom. The molecule has 0 heterocycles. The summed E-state index contributed by atoms with van der Waals surface area (Å²) in [6.45, 7) is 1.16. The molecule has 1 N–H and O–H groups in total. The van der Waals surface area contributed by atoms with Gasteiger partial charge in [0.2, 0.25) is 0 Å². The van der Waals surface area contributed by atoms with Gasteiger partial charge in [-0.15, -0.1) is 8.58 Å². The number of aliphatic hydroxyl groups is 1. The molecule has 0 saturated carbocycles. The Morgan fingerprint density at radius 2 is 1.31 bits per heavy atom. The largest absolute Gasteiger partial charge is 0.426 e. The Balaban J connectivity index is 4.96. The zero-order valence-electron chi connectivity index (χ0n) is 6.42. The van der Waals surface area contributed by atoms with E-state index in [1.54, 1.807) is 0 Å². The first kappa shape index (κ1) is 13.0. The second-order valence-corrected chi connectivity index (χ2v) is 3.45. The van der Waals surface area contributed by atoms with Crippen LogP contribution in [0.1, 0.15) is 0 Å². The lowest BCUT2D eigenvalue weighted by molar-refractivity contribution is -0.358. The van der Waals surface area contributed by atoms with E-state index in [4.69, 9.17) is 5.11 Å². The van der Waals surface area contributed by atoms with E-state index in [0.717, 1.165) is 6.66 Å². The number of alkyl halides is 6. The van der Waals surface area contributed by atoms with E-state index < -0.39 is 32.7 Å². The lowest BCUT2D eigenvalue weighted by atomic mass is 10.1. The van der Waals surface area contributed by atoms with Crippen molar-refractivity contribution in [2.75, 3.05) is 12.8 Å². The normalized spacial score (nSPS) is 15.7. The molecule has 0 aliphatic rings. The quantitative estimate of drug-likeness (QED) is 0.567. The Hall–Kier alpha value is -0.0300. The van der Waals surface area contributed by atoms with E-state index in [1.807, 2.05) is 0 Å². The summed E-state index contributed by atoms with van der Waals surface area (Å²) in [7, 11) is -0.634. The van der Waals surface area contributed by atoms with Crippen molar-refractivity contribution in [2.24, 2.45) is 0 Å². The molecule has 0 aliphatic heterocycles. The van der Waals surface area contributed by atoms with Crippen molar-refractivity contribution in [2.45, 2.75) is 18.0 Å². The molecule has 13 heavy (non-hydrogen) atoms. The topological polar surface area (TPSA) is 20.2 Å². The van der Waals surface area contributed by atoms with Crippen molar-refractivity contribution in [3.63, 3.8) is 0 Å². The van der Waals surface area contributed by atoms with Gasteiger partial charge in [0.1, 0.15) is 0 Å². The van der Waals surface area contributed by atoms with Crippen LogP contribution in [0.3, 0.4) is 0 Å². The highest BCUT2D eigenvalue weighted by atomic mass is 31.1. The Labute approximate surface area is 71.9 Å². The molecule has 0 spiro atoms. The lowest BCUT2D eigenvalue weighted by Gasteiger charge is -2.31. The maximum Gasteiger partial charge on any atom is 0.426 e. The summed E-state index contributed by atoms with van der Waals surface area (Å²) in [6.07, 6.45) is -12.7. The van der Waals surface area contributed by atoms with Crippen LogP contribution in [0.5, 0.6) is 0 Å².